The number of aryl methyl sites for hydroxylation is 3. The Labute approximate surface area is 159 Å². The zero-order valence-electron chi connectivity index (χ0n) is 15.4. The molecule has 7 heteroatoms. The molecule has 1 N–H and O–H groups in total. The normalized spacial score (nSPS) is 11.3. The quantitative estimate of drug-likeness (QED) is 0.534. The van der Waals surface area contributed by atoms with Crippen LogP contribution in [0.25, 0.3) is 11.0 Å². The predicted molar refractivity (Wildman–Crippen MR) is 104 cm³/mol. The van der Waals surface area contributed by atoms with Crippen LogP contribution >= 0.6 is 11.6 Å². The van der Waals surface area contributed by atoms with Crippen LogP contribution < -0.4 is 4.57 Å². The van der Waals surface area contributed by atoms with Gasteiger partial charge in [-0.15, -0.1) is 0 Å². The third-order valence-electron chi connectivity index (χ3n) is 4.25. The first-order valence-corrected chi connectivity index (χ1v) is 10.2. The van der Waals surface area contributed by atoms with E-state index in [0.717, 1.165) is 23.7 Å². The summed E-state index contributed by atoms with van der Waals surface area (Å²) in [5, 5.41) is 0.804. The molecule has 1 heterocycles. The Morgan fingerprint density at radius 2 is 1.69 bits per heavy atom. The molecule has 3 rings (SSSR count). The van der Waals surface area contributed by atoms with E-state index < -0.39 is 10.1 Å². The van der Waals surface area contributed by atoms with Crippen molar-refractivity contribution in [1.82, 2.24) is 4.57 Å². The van der Waals surface area contributed by atoms with Crippen LogP contribution in [0.5, 0.6) is 0 Å². The van der Waals surface area contributed by atoms with E-state index in [9.17, 15) is 8.42 Å². The summed E-state index contributed by atoms with van der Waals surface area (Å²) in [4.78, 5) is -0.0666. The summed E-state index contributed by atoms with van der Waals surface area (Å²) in [5.41, 5.74) is 3.45. The minimum atomic E-state index is -4.02. The van der Waals surface area contributed by atoms with E-state index in [2.05, 4.69) is 36.0 Å². The Kier molecular flexibility index (Phi) is 6.44. The number of benzene rings is 2. The average molecular weight is 396 g/mol. The molecule has 1 aromatic heterocycles. The van der Waals surface area contributed by atoms with Crippen LogP contribution in [-0.2, 0) is 23.2 Å². The van der Waals surface area contributed by atoms with E-state index >= 15 is 0 Å². The van der Waals surface area contributed by atoms with Crippen molar-refractivity contribution in [2.24, 2.45) is 0 Å². The third-order valence-corrected chi connectivity index (χ3v) is 5.35. The summed E-state index contributed by atoms with van der Waals surface area (Å²) in [6.45, 7) is 10.3. The van der Waals surface area contributed by atoms with Gasteiger partial charge >= 0.3 is 0 Å². The van der Waals surface area contributed by atoms with Crippen LogP contribution in [0.2, 0.25) is 5.02 Å². The number of hydrogen-bond acceptors (Lipinski definition) is 2. The molecule has 0 aliphatic rings. The van der Waals surface area contributed by atoms with Crippen LogP contribution in [0, 0.1) is 13.8 Å². The summed E-state index contributed by atoms with van der Waals surface area (Å²) in [6.07, 6.45) is 0. The molecule has 0 saturated heterocycles. The van der Waals surface area contributed by atoms with E-state index in [1.165, 1.54) is 29.0 Å². The van der Waals surface area contributed by atoms with E-state index in [-0.39, 0.29) is 4.90 Å². The lowest BCUT2D eigenvalue weighted by molar-refractivity contribution is -0.674. The Morgan fingerprint density at radius 3 is 2.19 bits per heavy atom. The van der Waals surface area contributed by atoms with Gasteiger partial charge < -0.3 is 0 Å². The molecular formula is C19H24ClN2O3S+. The van der Waals surface area contributed by atoms with E-state index in [1.807, 2.05) is 19.1 Å². The van der Waals surface area contributed by atoms with Crippen molar-refractivity contribution in [3.63, 3.8) is 0 Å². The van der Waals surface area contributed by atoms with E-state index in [4.69, 9.17) is 16.2 Å². The number of fused-ring (bicyclic) bond motifs is 1. The summed E-state index contributed by atoms with van der Waals surface area (Å²) in [7, 11) is -4.02. The minimum Gasteiger partial charge on any atom is -0.282 e. The van der Waals surface area contributed by atoms with Gasteiger partial charge in [0.15, 0.2) is 11.0 Å². The lowest BCUT2D eigenvalue weighted by Crippen LogP contribution is -2.34. The topological polar surface area (TPSA) is 63.2 Å². The maximum absolute atomic E-state index is 10.5. The molecule has 0 saturated carbocycles. The molecule has 0 fully saturated rings. The third kappa shape index (κ3) is 4.44. The van der Waals surface area contributed by atoms with Crippen LogP contribution in [0.1, 0.15) is 25.2 Å². The van der Waals surface area contributed by atoms with Gasteiger partial charge in [0, 0.05) is 18.0 Å². The number of hydrogen-bond donors (Lipinski definition) is 1. The number of aromatic nitrogens is 2. The molecule has 0 aliphatic heterocycles. The van der Waals surface area contributed by atoms with Crippen LogP contribution in [0.15, 0.2) is 47.4 Å². The first kappa shape index (κ1) is 20.4. The largest absolute Gasteiger partial charge is 0.294 e. The highest BCUT2D eigenvalue weighted by atomic mass is 35.5. The van der Waals surface area contributed by atoms with Crippen molar-refractivity contribution in [3.05, 3.63) is 58.9 Å². The highest BCUT2D eigenvalue weighted by molar-refractivity contribution is 7.85. The van der Waals surface area contributed by atoms with E-state index in [0.29, 0.717) is 0 Å². The summed E-state index contributed by atoms with van der Waals surface area (Å²) in [6, 6.07) is 12.1. The number of rotatable bonds is 3. The van der Waals surface area contributed by atoms with Gasteiger partial charge in [-0.2, -0.15) is 8.42 Å². The fourth-order valence-electron chi connectivity index (χ4n) is 2.94. The Hall–Kier alpha value is -1.89. The second-order valence-electron chi connectivity index (χ2n) is 5.96. The molecule has 5 nitrogen and oxygen atoms in total. The standard InChI is InChI=1S/C12H16ClN2.C7H8O3S/c1-4-14-9(3)15(5-2)12-8-10(13)6-7-11(12)14;1-6-2-4-7(5-3-6)11(8,9)10/h6-8H,4-5H2,1-3H3;2-5H,1H3,(H,8,9,10)/q+1;. The molecule has 3 aromatic rings. The predicted octanol–water partition coefficient (Wildman–Crippen LogP) is 4.17. The van der Waals surface area contributed by atoms with Crippen LogP contribution in [0.4, 0.5) is 0 Å². The van der Waals surface area contributed by atoms with Crippen molar-refractivity contribution in [3.8, 4) is 0 Å². The van der Waals surface area contributed by atoms with Gasteiger partial charge in [-0.3, -0.25) is 4.55 Å². The lowest BCUT2D eigenvalue weighted by Gasteiger charge is -1.95. The molecule has 0 amide bonds. The molecular weight excluding hydrogens is 372 g/mol. The average Bonchev–Trinajstić information content (AvgIpc) is 2.84. The van der Waals surface area contributed by atoms with Gasteiger partial charge in [0.1, 0.15) is 0 Å². The second-order valence-corrected chi connectivity index (χ2v) is 7.81. The Balaban J connectivity index is 0.000000197. The lowest BCUT2D eigenvalue weighted by atomic mass is 10.2. The highest BCUT2D eigenvalue weighted by Gasteiger charge is 2.19. The molecule has 0 atom stereocenters. The van der Waals surface area contributed by atoms with Gasteiger partial charge in [-0.05, 0) is 45.0 Å². The minimum absolute atomic E-state index is 0.0666. The monoisotopic (exact) mass is 395 g/mol. The van der Waals surface area contributed by atoms with Crippen molar-refractivity contribution in [2.75, 3.05) is 0 Å². The van der Waals surface area contributed by atoms with Crippen molar-refractivity contribution < 1.29 is 17.5 Å². The number of halogens is 1. The first-order chi connectivity index (χ1) is 12.2. The van der Waals surface area contributed by atoms with Gasteiger partial charge in [0.2, 0.25) is 0 Å². The van der Waals surface area contributed by atoms with Gasteiger partial charge in [-0.1, -0.05) is 29.3 Å². The second kappa shape index (κ2) is 8.20. The van der Waals surface area contributed by atoms with Crippen molar-refractivity contribution in [2.45, 2.75) is 45.7 Å². The molecule has 0 unspecified atom stereocenters. The van der Waals surface area contributed by atoms with Crippen molar-refractivity contribution >= 4 is 32.8 Å². The van der Waals surface area contributed by atoms with E-state index in [1.54, 1.807) is 12.1 Å². The molecule has 0 aliphatic carbocycles. The summed E-state index contributed by atoms with van der Waals surface area (Å²) in [5.74, 6) is 1.29. The number of imidazole rings is 1. The molecule has 0 bridgehead atoms. The van der Waals surface area contributed by atoms with Crippen LogP contribution in [0.3, 0.4) is 0 Å². The Morgan fingerprint density at radius 1 is 1.08 bits per heavy atom. The van der Waals surface area contributed by atoms with Gasteiger partial charge in [0.05, 0.1) is 18.0 Å². The molecule has 0 spiro atoms. The highest BCUT2D eigenvalue weighted by Crippen LogP contribution is 2.19. The first-order valence-electron chi connectivity index (χ1n) is 8.41. The summed E-state index contributed by atoms with van der Waals surface area (Å²) < 4.78 is 34.2. The zero-order valence-corrected chi connectivity index (χ0v) is 17.0. The smallest absolute Gasteiger partial charge is 0.282 e. The fourth-order valence-corrected chi connectivity index (χ4v) is 3.59. The van der Waals surface area contributed by atoms with Crippen LogP contribution in [-0.4, -0.2) is 17.5 Å². The summed E-state index contributed by atoms with van der Waals surface area (Å²) >= 11 is 6.03. The van der Waals surface area contributed by atoms with Gasteiger partial charge in [-0.25, -0.2) is 9.13 Å². The maximum atomic E-state index is 10.5. The van der Waals surface area contributed by atoms with Gasteiger partial charge in [0.25, 0.3) is 15.9 Å². The SMILES string of the molecule is CCn1c(C)[n+](CC)c2ccc(Cl)cc21.Cc1ccc(S(=O)(=O)O)cc1. The molecule has 2 aromatic carbocycles. The Bertz CT molecular complexity index is 1010. The zero-order chi connectivity index (χ0) is 19.5. The molecule has 26 heavy (non-hydrogen) atoms. The van der Waals surface area contributed by atoms with Crippen molar-refractivity contribution in [1.29, 1.82) is 0 Å². The number of nitrogens with zero attached hydrogens (tertiary/aromatic N) is 2. The molecule has 140 valence electrons. The maximum Gasteiger partial charge on any atom is 0.294 e. The molecule has 0 radical (unpaired) electrons. The fraction of sp³-hybridized carbons (Fsp3) is 0.316.